The van der Waals surface area contributed by atoms with Gasteiger partial charge in [-0.25, -0.2) is 0 Å². The second-order valence-electron chi connectivity index (χ2n) is 4.28. The van der Waals surface area contributed by atoms with E-state index in [9.17, 15) is 4.79 Å². The minimum Gasteiger partial charge on any atom is -0.342 e. The van der Waals surface area contributed by atoms with E-state index in [4.69, 9.17) is 5.73 Å². The van der Waals surface area contributed by atoms with Gasteiger partial charge < -0.3 is 10.6 Å². The molecule has 3 nitrogen and oxygen atoms in total. The first kappa shape index (κ1) is 10.5. The second-order valence-corrected chi connectivity index (χ2v) is 4.28. The summed E-state index contributed by atoms with van der Waals surface area (Å²) in [5.74, 6) is 1.51. The number of hydrogen-bond donors (Lipinski definition) is 1. The SMILES string of the molecule is CC1CC(C)CN(C(=O)CCN)C1. The van der Waals surface area contributed by atoms with Crippen LogP contribution in [0.2, 0.25) is 0 Å². The van der Waals surface area contributed by atoms with E-state index in [1.807, 2.05) is 4.90 Å². The lowest BCUT2D eigenvalue weighted by atomic mass is 9.92. The number of amides is 1. The quantitative estimate of drug-likeness (QED) is 0.691. The van der Waals surface area contributed by atoms with Crippen LogP contribution in [0.25, 0.3) is 0 Å². The largest absolute Gasteiger partial charge is 0.342 e. The topological polar surface area (TPSA) is 46.3 Å². The molecular formula is C10H20N2O. The van der Waals surface area contributed by atoms with Gasteiger partial charge in [-0.1, -0.05) is 13.8 Å². The first-order valence-electron chi connectivity index (χ1n) is 5.11. The summed E-state index contributed by atoms with van der Waals surface area (Å²) >= 11 is 0. The molecule has 1 aliphatic rings. The van der Waals surface area contributed by atoms with Crippen molar-refractivity contribution in [2.24, 2.45) is 17.6 Å². The first-order chi connectivity index (χ1) is 6.13. The Labute approximate surface area is 80.3 Å². The lowest BCUT2D eigenvalue weighted by Gasteiger charge is -2.35. The van der Waals surface area contributed by atoms with Gasteiger partial charge in [0.1, 0.15) is 0 Å². The van der Waals surface area contributed by atoms with Gasteiger partial charge in [-0.05, 0) is 18.3 Å². The second kappa shape index (κ2) is 4.61. The predicted octanol–water partition coefficient (Wildman–Crippen LogP) is 0.840. The molecule has 0 spiro atoms. The Morgan fingerprint density at radius 2 is 1.92 bits per heavy atom. The minimum absolute atomic E-state index is 0.223. The zero-order chi connectivity index (χ0) is 9.84. The molecule has 0 saturated carbocycles. The van der Waals surface area contributed by atoms with E-state index in [-0.39, 0.29) is 5.91 Å². The number of likely N-dealkylation sites (tertiary alicyclic amines) is 1. The van der Waals surface area contributed by atoms with Crippen molar-refractivity contribution < 1.29 is 4.79 Å². The molecule has 76 valence electrons. The predicted molar refractivity (Wildman–Crippen MR) is 53.2 cm³/mol. The highest BCUT2D eigenvalue weighted by Gasteiger charge is 2.24. The summed E-state index contributed by atoms with van der Waals surface area (Å²) in [7, 11) is 0. The number of hydrogen-bond acceptors (Lipinski definition) is 2. The number of piperidine rings is 1. The van der Waals surface area contributed by atoms with Crippen molar-refractivity contribution in [3.8, 4) is 0 Å². The molecule has 1 saturated heterocycles. The lowest BCUT2D eigenvalue weighted by molar-refractivity contribution is -0.133. The molecule has 1 heterocycles. The van der Waals surface area contributed by atoms with Crippen LogP contribution in [-0.4, -0.2) is 30.4 Å². The molecule has 0 aromatic rings. The van der Waals surface area contributed by atoms with Crippen LogP contribution >= 0.6 is 0 Å². The van der Waals surface area contributed by atoms with Crippen molar-refractivity contribution in [1.29, 1.82) is 0 Å². The molecule has 1 amide bonds. The highest BCUT2D eigenvalue weighted by atomic mass is 16.2. The summed E-state index contributed by atoms with van der Waals surface area (Å²) in [5.41, 5.74) is 5.36. The van der Waals surface area contributed by atoms with Crippen molar-refractivity contribution >= 4 is 5.91 Å². The van der Waals surface area contributed by atoms with E-state index >= 15 is 0 Å². The smallest absolute Gasteiger partial charge is 0.223 e. The normalized spacial score (nSPS) is 29.0. The van der Waals surface area contributed by atoms with Crippen LogP contribution < -0.4 is 5.73 Å². The van der Waals surface area contributed by atoms with Crippen LogP contribution in [0.4, 0.5) is 0 Å². The maximum absolute atomic E-state index is 11.5. The first-order valence-corrected chi connectivity index (χ1v) is 5.11. The van der Waals surface area contributed by atoms with Gasteiger partial charge >= 0.3 is 0 Å². The van der Waals surface area contributed by atoms with Gasteiger partial charge in [0.2, 0.25) is 5.91 Å². The lowest BCUT2D eigenvalue weighted by Crippen LogP contribution is -2.43. The fourth-order valence-electron chi connectivity index (χ4n) is 2.15. The minimum atomic E-state index is 0.223. The third-order valence-electron chi connectivity index (χ3n) is 2.58. The number of carbonyl (C=O) groups excluding carboxylic acids is 1. The maximum Gasteiger partial charge on any atom is 0.223 e. The number of rotatable bonds is 2. The highest BCUT2D eigenvalue weighted by molar-refractivity contribution is 5.76. The number of carbonyl (C=O) groups is 1. The molecule has 2 atom stereocenters. The molecule has 1 rings (SSSR count). The van der Waals surface area contributed by atoms with E-state index in [0.717, 1.165) is 13.1 Å². The van der Waals surface area contributed by atoms with E-state index in [2.05, 4.69) is 13.8 Å². The molecular weight excluding hydrogens is 164 g/mol. The zero-order valence-electron chi connectivity index (χ0n) is 8.62. The van der Waals surface area contributed by atoms with Crippen LogP contribution in [-0.2, 0) is 4.79 Å². The van der Waals surface area contributed by atoms with Gasteiger partial charge in [0.25, 0.3) is 0 Å². The Kier molecular flexibility index (Phi) is 3.72. The Hall–Kier alpha value is -0.570. The van der Waals surface area contributed by atoms with Crippen molar-refractivity contribution in [2.75, 3.05) is 19.6 Å². The molecule has 0 bridgehead atoms. The van der Waals surface area contributed by atoms with Crippen LogP contribution in [0.5, 0.6) is 0 Å². The van der Waals surface area contributed by atoms with E-state index in [1.54, 1.807) is 0 Å². The number of nitrogens with two attached hydrogens (primary N) is 1. The molecule has 2 unspecified atom stereocenters. The Morgan fingerprint density at radius 3 is 2.38 bits per heavy atom. The standard InChI is InChI=1S/C10H20N2O/c1-8-5-9(2)7-12(6-8)10(13)3-4-11/h8-9H,3-7,11H2,1-2H3. The third-order valence-corrected chi connectivity index (χ3v) is 2.58. The van der Waals surface area contributed by atoms with Crippen LogP contribution in [0.1, 0.15) is 26.7 Å². The van der Waals surface area contributed by atoms with Crippen LogP contribution in [0.15, 0.2) is 0 Å². The van der Waals surface area contributed by atoms with E-state index < -0.39 is 0 Å². The van der Waals surface area contributed by atoms with Gasteiger partial charge in [0.05, 0.1) is 0 Å². The molecule has 0 aromatic carbocycles. The molecule has 2 N–H and O–H groups in total. The Balaban J connectivity index is 2.45. The third kappa shape index (κ3) is 2.99. The fourth-order valence-corrected chi connectivity index (χ4v) is 2.15. The Morgan fingerprint density at radius 1 is 1.38 bits per heavy atom. The Bertz CT molecular complexity index is 172. The van der Waals surface area contributed by atoms with E-state index in [0.29, 0.717) is 24.8 Å². The summed E-state index contributed by atoms with van der Waals surface area (Å²) < 4.78 is 0. The molecule has 1 aliphatic heterocycles. The van der Waals surface area contributed by atoms with Crippen molar-refractivity contribution in [3.63, 3.8) is 0 Å². The summed E-state index contributed by atoms with van der Waals surface area (Å²) in [6, 6.07) is 0. The van der Waals surface area contributed by atoms with Crippen molar-refractivity contribution in [3.05, 3.63) is 0 Å². The molecule has 0 aliphatic carbocycles. The van der Waals surface area contributed by atoms with Crippen LogP contribution in [0.3, 0.4) is 0 Å². The van der Waals surface area contributed by atoms with Crippen molar-refractivity contribution in [1.82, 2.24) is 4.90 Å². The monoisotopic (exact) mass is 184 g/mol. The van der Waals surface area contributed by atoms with Gasteiger partial charge in [-0.15, -0.1) is 0 Å². The molecule has 13 heavy (non-hydrogen) atoms. The average molecular weight is 184 g/mol. The summed E-state index contributed by atoms with van der Waals surface area (Å²) in [4.78, 5) is 13.5. The molecule has 1 fully saturated rings. The molecule has 0 aromatic heterocycles. The number of nitrogens with zero attached hydrogens (tertiary/aromatic N) is 1. The summed E-state index contributed by atoms with van der Waals surface area (Å²) in [6.07, 6.45) is 1.74. The van der Waals surface area contributed by atoms with Gasteiger partial charge in [0, 0.05) is 26.1 Å². The average Bonchev–Trinajstić information content (AvgIpc) is 2.03. The fraction of sp³-hybridized carbons (Fsp3) is 0.900. The van der Waals surface area contributed by atoms with Gasteiger partial charge in [-0.2, -0.15) is 0 Å². The summed E-state index contributed by atoms with van der Waals surface area (Å²) in [6.45, 7) is 6.72. The maximum atomic E-state index is 11.5. The zero-order valence-corrected chi connectivity index (χ0v) is 8.62. The van der Waals surface area contributed by atoms with Gasteiger partial charge in [0.15, 0.2) is 0 Å². The van der Waals surface area contributed by atoms with Crippen molar-refractivity contribution in [2.45, 2.75) is 26.7 Å². The van der Waals surface area contributed by atoms with E-state index in [1.165, 1.54) is 6.42 Å². The highest BCUT2D eigenvalue weighted by Crippen LogP contribution is 2.21. The van der Waals surface area contributed by atoms with Crippen LogP contribution in [0, 0.1) is 11.8 Å². The molecule has 0 radical (unpaired) electrons. The molecule has 3 heteroatoms. The van der Waals surface area contributed by atoms with Gasteiger partial charge in [-0.3, -0.25) is 4.79 Å². The summed E-state index contributed by atoms with van der Waals surface area (Å²) in [5, 5.41) is 0.